The fourth-order valence-electron chi connectivity index (χ4n) is 1.62. The Morgan fingerprint density at radius 1 is 1.38 bits per heavy atom. The largest absolute Gasteiger partial charge is 0.482 e. The summed E-state index contributed by atoms with van der Waals surface area (Å²) < 4.78 is 28.1. The summed E-state index contributed by atoms with van der Waals surface area (Å²) in [5.41, 5.74) is 1.10. The van der Waals surface area contributed by atoms with Crippen molar-refractivity contribution in [2.45, 2.75) is 11.8 Å². The summed E-state index contributed by atoms with van der Waals surface area (Å²) in [4.78, 5) is 11.3. The third-order valence-corrected chi connectivity index (χ3v) is 3.55. The molecule has 1 aromatic rings. The van der Waals surface area contributed by atoms with Gasteiger partial charge in [-0.3, -0.25) is 4.79 Å². The Bertz CT molecular complexity index is 562. The topological polar surface area (TPSA) is 72.5 Å². The van der Waals surface area contributed by atoms with E-state index in [0.29, 0.717) is 17.0 Å². The summed E-state index contributed by atoms with van der Waals surface area (Å²) in [5, 5.41) is 2.62. The Morgan fingerprint density at radius 2 is 2.06 bits per heavy atom. The highest BCUT2D eigenvalue weighted by atomic mass is 32.2. The molecule has 16 heavy (non-hydrogen) atoms. The molecule has 0 saturated heterocycles. The lowest BCUT2D eigenvalue weighted by Crippen LogP contribution is -2.25. The predicted octanol–water partition coefficient (Wildman–Crippen LogP) is 0.729. The van der Waals surface area contributed by atoms with Crippen molar-refractivity contribution in [1.29, 1.82) is 0 Å². The van der Waals surface area contributed by atoms with E-state index in [1.54, 1.807) is 13.0 Å². The molecule has 0 unspecified atom stereocenters. The number of sulfone groups is 1. The van der Waals surface area contributed by atoms with Crippen LogP contribution >= 0.6 is 0 Å². The van der Waals surface area contributed by atoms with E-state index in [9.17, 15) is 13.2 Å². The highest BCUT2D eigenvalue weighted by molar-refractivity contribution is 7.90. The molecular weight excluding hydrogens is 230 g/mol. The molecule has 0 bridgehead atoms. The predicted molar refractivity (Wildman–Crippen MR) is 58.4 cm³/mol. The van der Waals surface area contributed by atoms with Crippen molar-refractivity contribution in [3.05, 3.63) is 17.7 Å². The Balaban J connectivity index is 2.59. The fourth-order valence-corrected chi connectivity index (χ4v) is 2.58. The van der Waals surface area contributed by atoms with Gasteiger partial charge in [0.2, 0.25) is 0 Å². The number of nitrogens with one attached hydrogen (secondary N) is 1. The van der Waals surface area contributed by atoms with E-state index in [4.69, 9.17) is 4.74 Å². The maximum absolute atomic E-state index is 11.5. The number of hydrogen-bond donors (Lipinski definition) is 1. The lowest BCUT2D eigenvalue weighted by atomic mass is 10.2. The number of hydrogen-bond acceptors (Lipinski definition) is 4. The van der Waals surface area contributed by atoms with Crippen LogP contribution in [0.15, 0.2) is 17.0 Å². The lowest BCUT2D eigenvalue weighted by Gasteiger charge is -2.19. The van der Waals surface area contributed by atoms with Crippen LogP contribution in [0.1, 0.15) is 5.56 Å². The van der Waals surface area contributed by atoms with Crippen molar-refractivity contribution < 1.29 is 17.9 Å². The molecule has 1 amide bonds. The van der Waals surface area contributed by atoms with E-state index in [2.05, 4.69) is 5.32 Å². The van der Waals surface area contributed by atoms with E-state index in [0.717, 1.165) is 6.26 Å². The molecule has 0 radical (unpaired) electrons. The van der Waals surface area contributed by atoms with Crippen molar-refractivity contribution >= 4 is 21.4 Å². The average molecular weight is 241 g/mol. The summed E-state index contributed by atoms with van der Waals surface area (Å²) in [6.45, 7) is 1.59. The van der Waals surface area contributed by atoms with Crippen molar-refractivity contribution in [2.24, 2.45) is 0 Å². The van der Waals surface area contributed by atoms with Crippen LogP contribution in [0.3, 0.4) is 0 Å². The second kappa shape index (κ2) is 3.48. The third-order valence-electron chi connectivity index (χ3n) is 2.31. The normalized spacial score (nSPS) is 15.0. The van der Waals surface area contributed by atoms with Crippen LogP contribution < -0.4 is 10.1 Å². The Labute approximate surface area is 93.3 Å². The minimum absolute atomic E-state index is 0.0841. The van der Waals surface area contributed by atoms with Gasteiger partial charge in [-0.1, -0.05) is 0 Å². The number of anilines is 1. The van der Waals surface area contributed by atoms with E-state index >= 15 is 0 Å². The van der Waals surface area contributed by atoms with Gasteiger partial charge in [0.25, 0.3) is 5.91 Å². The number of fused-ring (bicyclic) bond motifs is 1. The average Bonchev–Trinajstić information content (AvgIpc) is 2.14. The second-order valence-electron chi connectivity index (χ2n) is 3.72. The Morgan fingerprint density at radius 3 is 2.69 bits per heavy atom. The van der Waals surface area contributed by atoms with Gasteiger partial charge in [0, 0.05) is 12.3 Å². The van der Waals surface area contributed by atoms with Crippen LogP contribution in [0.25, 0.3) is 0 Å². The van der Waals surface area contributed by atoms with Crippen molar-refractivity contribution in [2.75, 3.05) is 18.2 Å². The van der Waals surface area contributed by atoms with Crippen LogP contribution in [0, 0.1) is 6.92 Å². The van der Waals surface area contributed by atoms with Gasteiger partial charge in [0.15, 0.2) is 16.4 Å². The molecule has 0 atom stereocenters. The Kier molecular flexibility index (Phi) is 2.38. The van der Waals surface area contributed by atoms with Gasteiger partial charge in [0.1, 0.15) is 5.75 Å². The van der Waals surface area contributed by atoms with Gasteiger partial charge in [-0.25, -0.2) is 8.42 Å². The van der Waals surface area contributed by atoms with Gasteiger partial charge < -0.3 is 10.1 Å². The number of amides is 1. The highest BCUT2D eigenvalue weighted by Gasteiger charge is 2.20. The summed E-state index contributed by atoms with van der Waals surface area (Å²) >= 11 is 0. The fraction of sp³-hybridized carbons (Fsp3) is 0.300. The number of carbonyl (C=O) groups excluding carboxylic acids is 1. The SMILES string of the molecule is Cc1cc2c(cc1S(C)(=O)=O)OCC(=O)N2. The van der Waals surface area contributed by atoms with Crippen LogP contribution in [-0.4, -0.2) is 27.2 Å². The molecule has 1 aliphatic rings. The van der Waals surface area contributed by atoms with Crippen molar-refractivity contribution in [1.82, 2.24) is 0 Å². The molecule has 0 aliphatic carbocycles. The summed E-state index contributed by atoms with van der Waals surface area (Å²) in [6, 6.07) is 3.04. The van der Waals surface area contributed by atoms with Gasteiger partial charge >= 0.3 is 0 Å². The van der Waals surface area contributed by atoms with Crippen LogP contribution in [0.4, 0.5) is 5.69 Å². The molecule has 1 aliphatic heterocycles. The molecule has 0 spiro atoms. The minimum atomic E-state index is -3.27. The molecule has 0 fully saturated rings. The van der Waals surface area contributed by atoms with Gasteiger partial charge in [-0.15, -0.1) is 0 Å². The highest BCUT2D eigenvalue weighted by Crippen LogP contribution is 2.32. The smallest absolute Gasteiger partial charge is 0.262 e. The maximum Gasteiger partial charge on any atom is 0.262 e. The van der Waals surface area contributed by atoms with Crippen LogP contribution in [0.2, 0.25) is 0 Å². The molecule has 1 N–H and O–H groups in total. The maximum atomic E-state index is 11.5. The van der Waals surface area contributed by atoms with Gasteiger partial charge in [-0.05, 0) is 18.6 Å². The zero-order chi connectivity index (χ0) is 11.9. The summed E-state index contributed by atoms with van der Waals surface area (Å²) in [7, 11) is -3.27. The first-order valence-electron chi connectivity index (χ1n) is 4.65. The zero-order valence-electron chi connectivity index (χ0n) is 8.90. The van der Waals surface area contributed by atoms with Crippen molar-refractivity contribution in [3.8, 4) is 5.75 Å². The molecule has 86 valence electrons. The molecule has 1 aromatic carbocycles. The monoisotopic (exact) mass is 241 g/mol. The van der Waals surface area contributed by atoms with Gasteiger partial charge in [0.05, 0.1) is 10.6 Å². The minimum Gasteiger partial charge on any atom is -0.482 e. The summed E-state index contributed by atoms with van der Waals surface area (Å²) in [6.07, 6.45) is 1.14. The molecule has 2 rings (SSSR count). The lowest BCUT2D eigenvalue weighted by molar-refractivity contribution is -0.118. The van der Waals surface area contributed by atoms with Crippen LogP contribution in [-0.2, 0) is 14.6 Å². The molecule has 1 heterocycles. The molecular formula is C10H11NO4S. The first-order valence-corrected chi connectivity index (χ1v) is 6.54. The quantitative estimate of drug-likeness (QED) is 0.786. The van der Waals surface area contributed by atoms with E-state index in [-0.39, 0.29) is 17.4 Å². The number of rotatable bonds is 1. The van der Waals surface area contributed by atoms with Crippen molar-refractivity contribution in [3.63, 3.8) is 0 Å². The van der Waals surface area contributed by atoms with Gasteiger partial charge in [-0.2, -0.15) is 0 Å². The first-order chi connectivity index (χ1) is 7.38. The number of aryl methyl sites for hydroxylation is 1. The van der Waals surface area contributed by atoms with E-state index < -0.39 is 9.84 Å². The first kappa shape index (κ1) is 10.9. The van der Waals surface area contributed by atoms with E-state index in [1.807, 2.05) is 0 Å². The molecule has 0 aromatic heterocycles. The zero-order valence-corrected chi connectivity index (χ0v) is 9.72. The number of carbonyl (C=O) groups is 1. The third kappa shape index (κ3) is 1.88. The van der Waals surface area contributed by atoms with Crippen LogP contribution in [0.5, 0.6) is 5.75 Å². The Hall–Kier alpha value is -1.56. The molecule has 5 nitrogen and oxygen atoms in total. The number of benzene rings is 1. The molecule has 6 heteroatoms. The number of ether oxygens (including phenoxy) is 1. The van der Waals surface area contributed by atoms with E-state index in [1.165, 1.54) is 6.07 Å². The second-order valence-corrected chi connectivity index (χ2v) is 5.71. The standard InChI is InChI=1S/C10H11NO4S/c1-6-3-7-8(15-5-10(12)11-7)4-9(6)16(2,13)14/h3-4H,5H2,1-2H3,(H,11,12). The molecule has 0 saturated carbocycles. The summed E-state index contributed by atoms with van der Waals surface area (Å²) in [5.74, 6) is 0.157.